The summed E-state index contributed by atoms with van der Waals surface area (Å²) in [5, 5.41) is 10.8. The molecule has 1 aromatic heterocycles. The first-order valence-electron chi connectivity index (χ1n) is 7.69. The summed E-state index contributed by atoms with van der Waals surface area (Å²) in [6, 6.07) is 2.19. The number of hydrogen-bond donors (Lipinski definition) is 1. The number of aliphatic hydroxyl groups is 1. The minimum absolute atomic E-state index is 0.145. The zero-order valence-corrected chi connectivity index (χ0v) is 13.6. The third kappa shape index (κ3) is 7.09. The molecule has 0 radical (unpaired) electrons. The maximum Gasteiger partial charge on any atom is 0.0540 e. The maximum atomic E-state index is 8.73. The van der Waals surface area contributed by atoms with Crippen molar-refractivity contribution >= 4 is 11.3 Å². The Morgan fingerprint density at radius 1 is 1.20 bits per heavy atom. The van der Waals surface area contributed by atoms with E-state index in [1.54, 1.807) is 11.3 Å². The van der Waals surface area contributed by atoms with E-state index in [0.29, 0.717) is 6.42 Å². The van der Waals surface area contributed by atoms with Crippen LogP contribution in [0.2, 0.25) is 0 Å². The van der Waals surface area contributed by atoms with E-state index >= 15 is 0 Å². The molecule has 1 aromatic rings. The first-order valence-corrected chi connectivity index (χ1v) is 8.57. The quantitative estimate of drug-likeness (QED) is 0.698. The first kappa shape index (κ1) is 17.2. The summed E-state index contributed by atoms with van der Waals surface area (Å²) in [7, 11) is 0. The van der Waals surface area contributed by atoms with E-state index < -0.39 is 0 Å². The maximum absolute atomic E-state index is 8.73. The molecular weight excluding hydrogens is 266 g/mol. The van der Waals surface area contributed by atoms with Crippen LogP contribution in [0.25, 0.3) is 0 Å². The Bertz CT molecular complexity index is 408. The molecule has 0 saturated carbocycles. The fourth-order valence-electron chi connectivity index (χ4n) is 2.00. The molecule has 3 heteroatoms. The van der Waals surface area contributed by atoms with Crippen LogP contribution in [0.4, 0.5) is 0 Å². The number of rotatable bonds is 9. The van der Waals surface area contributed by atoms with Gasteiger partial charge in [0.15, 0.2) is 0 Å². The van der Waals surface area contributed by atoms with E-state index in [4.69, 9.17) is 5.11 Å². The van der Waals surface area contributed by atoms with Crippen LogP contribution in [-0.2, 0) is 6.54 Å². The van der Waals surface area contributed by atoms with Crippen LogP contribution in [0.3, 0.4) is 0 Å². The molecule has 0 aliphatic carbocycles. The van der Waals surface area contributed by atoms with E-state index in [1.165, 1.54) is 43.6 Å². The zero-order chi connectivity index (χ0) is 14.6. The Kier molecular flexibility index (Phi) is 9.40. The topological polar surface area (TPSA) is 23.5 Å². The second-order valence-corrected chi connectivity index (χ2v) is 6.06. The predicted molar refractivity (Wildman–Crippen MR) is 88.0 cm³/mol. The fourth-order valence-corrected chi connectivity index (χ4v) is 2.86. The van der Waals surface area contributed by atoms with Crippen molar-refractivity contribution in [3.05, 3.63) is 21.9 Å². The summed E-state index contributed by atoms with van der Waals surface area (Å²) in [6.45, 7) is 8.08. The number of nitrogens with zero attached hydrogens (tertiary/aromatic N) is 1. The monoisotopic (exact) mass is 293 g/mol. The third-order valence-electron chi connectivity index (χ3n) is 3.16. The molecule has 0 aliphatic heterocycles. The number of aliphatic hydroxyl groups excluding tert-OH is 1. The molecule has 1 rings (SSSR count). The molecule has 112 valence electrons. The summed E-state index contributed by atoms with van der Waals surface area (Å²) in [5.41, 5.74) is 1.09. The molecule has 0 bridgehead atoms. The average Bonchev–Trinajstić information content (AvgIpc) is 2.89. The van der Waals surface area contributed by atoms with Gasteiger partial charge in [-0.25, -0.2) is 0 Å². The first-order chi connectivity index (χ1) is 9.80. The molecule has 0 atom stereocenters. The molecule has 1 heterocycles. The molecule has 0 unspecified atom stereocenters. The minimum atomic E-state index is 0.145. The molecule has 1 N–H and O–H groups in total. The summed E-state index contributed by atoms with van der Waals surface area (Å²) >= 11 is 1.80. The van der Waals surface area contributed by atoms with Gasteiger partial charge in [-0.3, -0.25) is 4.90 Å². The molecule has 0 fully saturated rings. The van der Waals surface area contributed by atoms with Gasteiger partial charge in [0.2, 0.25) is 0 Å². The summed E-state index contributed by atoms with van der Waals surface area (Å²) < 4.78 is 0. The number of unbranched alkanes of at least 4 members (excludes halogenated alkanes) is 2. The van der Waals surface area contributed by atoms with Gasteiger partial charge in [-0.15, -0.1) is 11.3 Å². The number of thiophene rings is 1. The van der Waals surface area contributed by atoms with E-state index in [9.17, 15) is 0 Å². The highest BCUT2D eigenvalue weighted by molar-refractivity contribution is 7.10. The highest BCUT2D eigenvalue weighted by atomic mass is 32.1. The Balaban J connectivity index is 2.52. The lowest BCUT2D eigenvalue weighted by Gasteiger charge is -2.21. The summed E-state index contributed by atoms with van der Waals surface area (Å²) in [5.74, 6) is 6.09. The molecule has 2 nitrogen and oxygen atoms in total. The van der Waals surface area contributed by atoms with E-state index in [-0.39, 0.29) is 6.61 Å². The van der Waals surface area contributed by atoms with Gasteiger partial charge in [0, 0.05) is 28.8 Å². The van der Waals surface area contributed by atoms with Crippen molar-refractivity contribution in [2.24, 2.45) is 0 Å². The van der Waals surface area contributed by atoms with Crippen molar-refractivity contribution in [1.29, 1.82) is 0 Å². The van der Waals surface area contributed by atoms with Gasteiger partial charge in [-0.05, 0) is 32.0 Å². The fraction of sp³-hybridized carbons (Fsp3) is 0.647. The van der Waals surface area contributed by atoms with Crippen molar-refractivity contribution in [1.82, 2.24) is 4.90 Å². The molecule has 0 spiro atoms. The normalized spacial score (nSPS) is 10.6. The minimum Gasteiger partial charge on any atom is -0.395 e. The largest absolute Gasteiger partial charge is 0.395 e. The van der Waals surface area contributed by atoms with E-state index in [2.05, 4.69) is 42.0 Å². The van der Waals surface area contributed by atoms with Crippen LogP contribution in [0, 0.1) is 11.8 Å². The van der Waals surface area contributed by atoms with Gasteiger partial charge < -0.3 is 5.11 Å². The van der Waals surface area contributed by atoms with Crippen molar-refractivity contribution in [3.8, 4) is 11.8 Å². The predicted octanol–water partition coefficient (Wildman–Crippen LogP) is 3.88. The van der Waals surface area contributed by atoms with Crippen LogP contribution >= 0.6 is 11.3 Å². The van der Waals surface area contributed by atoms with Crippen LogP contribution in [0.5, 0.6) is 0 Å². The van der Waals surface area contributed by atoms with Gasteiger partial charge in [0.25, 0.3) is 0 Å². The molecule has 0 aliphatic rings. The summed E-state index contributed by atoms with van der Waals surface area (Å²) in [6.07, 6.45) is 5.62. The van der Waals surface area contributed by atoms with Gasteiger partial charge in [0.05, 0.1) is 6.61 Å². The average molecular weight is 293 g/mol. The van der Waals surface area contributed by atoms with Gasteiger partial charge in [0.1, 0.15) is 0 Å². The second-order valence-electron chi connectivity index (χ2n) is 5.06. The Labute approximate surface area is 127 Å². The van der Waals surface area contributed by atoms with Gasteiger partial charge >= 0.3 is 0 Å². The summed E-state index contributed by atoms with van der Waals surface area (Å²) in [4.78, 5) is 3.95. The highest BCUT2D eigenvalue weighted by Gasteiger charge is 2.06. The molecule has 20 heavy (non-hydrogen) atoms. The van der Waals surface area contributed by atoms with Crippen LogP contribution in [-0.4, -0.2) is 29.7 Å². The number of hydrogen-bond acceptors (Lipinski definition) is 3. The Morgan fingerprint density at radius 3 is 2.50 bits per heavy atom. The van der Waals surface area contributed by atoms with Crippen molar-refractivity contribution < 1.29 is 5.11 Å². The van der Waals surface area contributed by atoms with Crippen LogP contribution < -0.4 is 0 Å². The van der Waals surface area contributed by atoms with Crippen molar-refractivity contribution in [2.45, 2.75) is 52.5 Å². The third-order valence-corrected chi connectivity index (χ3v) is 4.08. The molecule has 0 saturated heterocycles. The van der Waals surface area contributed by atoms with Crippen LogP contribution in [0.1, 0.15) is 56.4 Å². The van der Waals surface area contributed by atoms with Gasteiger partial charge in [-0.2, -0.15) is 0 Å². The smallest absolute Gasteiger partial charge is 0.0540 e. The zero-order valence-electron chi connectivity index (χ0n) is 12.8. The van der Waals surface area contributed by atoms with E-state index in [1.807, 2.05) is 0 Å². The standard InChI is InChI=1S/C17H27NOS/c1-3-5-10-18(11-6-4-2)14-17-13-16(15-20-17)9-7-8-12-19/h13,15,19H,3-6,8,10-12,14H2,1-2H3. The van der Waals surface area contributed by atoms with Gasteiger partial charge in [-0.1, -0.05) is 38.5 Å². The molecular formula is C17H27NOS. The van der Waals surface area contributed by atoms with Crippen LogP contribution in [0.15, 0.2) is 11.4 Å². The van der Waals surface area contributed by atoms with Crippen molar-refractivity contribution in [2.75, 3.05) is 19.7 Å². The van der Waals surface area contributed by atoms with E-state index in [0.717, 1.165) is 12.1 Å². The lowest BCUT2D eigenvalue weighted by Crippen LogP contribution is -2.25. The van der Waals surface area contributed by atoms with Crippen molar-refractivity contribution in [3.63, 3.8) is 0 Å². The Morgan fingerprint density at radius 2 is 1.90 bits per heavy atom. The second kappa shape index (κ2) is 10.9. The molecule has 0 aromatic carbocycles. The Hall–Kier alpha value is -0.820. The lowest BCUT2D eigenvalue weighted by atomic mass is 10.2. The lowest BCUT2D eigenvalue weighted by molar-refractivity contribution is 0.259. The molecule has 0 amide bonds. The SMILES string of the molecule is CCCCN(CCCC)Cc1cc(C#CCCO)cs1. The highest BCUT2D eigenvalue weighted by Crippen LogP contribution is 2.17.